The number of pyridine rings is 1. The highest BCUT2D eigenvalue weighted by molar-refractivity contribution is 6.32. The van der Waals surface area contributed by atoms with Gasteiger partial charge < -0.3 is 19.3 Å². The third-order valence-electron chi connectivity index (χ3n) is 4.75. The molecule has 7 nitrogen and oxygen atoms in total. The molecule has 4 aromatic rings. The number of methoxy groups -OCH3 is 2. The highest BCUT2D eigenvalue weighted by Crippen LogP contribution is 2.45. The molecule has 0 aliphatic carbocycles. The van der Waals surface area contributed by atoms with Gasteiger partial charge in [0.2, 0.25) is 0 Å². The number of phenolic OH excluding ortho intramolecular Hbond substituents is 1. The van der Waals surface area contributed by atoms with E-state index >= 15 is 0 Å². The predicted molar refractivity (Wildman–Crippen MR) is 119 cm³/mol. The Bertz CT molecular complexity index is 1210. The normalized spacial score (nSPS) is 10.9. The maximum Gasteiger partial charge on any atom is 0.169 e. The van der Waals surface area contributed by atoms with Crippen molar-refractivity contribution < 1.29 is 19.3 Å². The third-order valence-corrected chi connectivity index (χ3v) is 5.05. The number of benzene rings is 2. The van der Waals surface area contributed by atoms with Gasteiger partial charge in [-0.1, -0.05) is 11.6 Å². The van der Waals surface area contributed by atoms with Gasteiger partial charge in [-0.3, -0.25) is 5.10 Å². The number of halogens is 2. The summed E-state index contributed by atoms with van der Waals surface area (Å²) in [5, 5.41) is 19.7. The van der Waals surface area contributed by atoms with Gasteiger partial charge >= 0.3 is 0 Å². The lowest BCUT2D eigenvalue weighted by Crippen LogP contribution is -2.07. The summed E-state index contributed by atoms with van der Waals surface area (Å²) in [5.41, 5.74) is 2.98. The van der Waals surface area contributed by atoms with Crippen LogP contribution in [0, 0.1) is 6.92 Å². The Morgan fingerprint density at radius 1 is 1.10 bits per heavy atom. The Balaban J connectivity index is 0.00000256. The summed E-state index contributed by atoms with van der Waals surface area (Å²) in [5.74, 6) is 1.28. The van der Waals surface area contributed by atoms with Crippen molar-refractivity contribution >= 4 is 45.8 Å². The van der Waals surface area contributed by atoms with Gasteiger partial charge in [0, 0.05) is 23.4 Å². The first-order valence-electron chi connectivity index (χ1n) is 9.00. The molecule has 4 rings (SSSR count). The summed E-state index contributed by atoms with van der Waals surface area (Å²) >= 11 is 6.14. The van der Waals surface area contributed by atoms with E-state index in [0.717, 1.165) is 27.3 Å². The second-order valence-electron chi connectivity index (χ2n) is 6.58. The molecule has 2 aromatic heterocycles. The highest BCUT2D eigenvalue weighted by atomic mass is 35.5. The van der Waals surface area contributed by atoms with Gasteiger partial charge in [-0.25, -0.2) is 4.98 Å². The van der Waals surface area contributed by atoms with E-state index in [0.29, 0.717) is 36.1 Å². The minimum Gasteiger partial charge on any atom is -0.506 e. The number of nitrogens with zero attached hydrogens (tertiary/aromatic N) is 2. The molecular formula is C21H21Cl2N3O4. The lowest BCUT2D eigenvalue weighted by molar-refractivity contribution is 0.144. The second kappa shape index (κ2) is 8.95. The largest absolute Gasteiger partial charge is 0.506 e. The molecule has 0 aliphatic rings. The topological polar surface area (TPSA) is 89.5 Å². The lowest BCUT2D eigenvalue weighted by atomic mass is 9.98. The Hall–Kier alpha value is -2.74. The molecule has 2 N–H and O–H groups in total. The van der Waals surface area contributed by atoms with Crippen LogP contribution < -0.4 is 9.47 Å². The Labute approximate surface area is 184 Å². The van der Waals surface area contributed by atoms with E-state index in [1.807, 2.05) is 13.0 Å². The minimum absolute atomic E-state index is 0. The lowest BCUT2D eigenvalue weighted by Gasteiger charge is -2.18. The maximum absolute atomic E-state index is 9.79. The number of aryl methyl sites for hydroxylation is 1. The van der Waals surface area contributed by atoms with Crippen molar-refractivity contribution in [3.63, 3.8) is 0 Å². The standard InChI is InChI=1S/C21H20ClN3O4.ClH/c1-11-8-13-17(20(28-3)19(11)29-7-6-27-2)14-10-23-25-21(14)24-18(13)12-4-5-16(26)15(22)9-12;/h4-5,8-10,26H,6-7H2,1-3H3,(H,23,24,25);1H. The van der Waals surface area contributed by atoms with E-state index in [9.17, 15) is 5.11 Å². The molecule has 9 heteroatoms. The quantitative estimate of drug-likeness (QED) is 0.406. The van der Waals surface area contributed by atoms with Crippen LogP contribution in [0.2, 0.25) is 5.02 Å². The van der Waals surface area contributed by atoms with Crippen LogP contribution in [0.3, 0.4) is 0 Å². The molecule has 30 heavy (non-hydrogen) atoms. The zero-order chi connectivity index (χ0) is 20.5. The van der Waals surface area contributed by atoms with Crippen LogP contribution >= 0.6 is 24.0 Å². The van der Waals surface area contributed by atoms with E-state index in [2.05, 4.69) is 10.2 Å². The number of hydrogen-bond donors (Lipinski definition) is 2. The number of hydrogen-bond acceptors (Lipinski definition) is 6. The number of aromatic nitrogens is 3. The summed E-state index contributed by atoms with van der Waals surface area (Å²) < 4.78 is 16.8. The molecule has 0 atom stereocenters. The number of phenols is 1. The van der Waals surface area contributed by atoms with Crippen molar-refractivity contribution in [2.24, 2.45) is 0 Å². The van der Waals surface area contributed by atoms with Crippen molar-refractivity contribution in [3.05, 3.63) is 41.0 Å². The van der Waals surface area contributed by atoms with Gasteiger partial charge in [-0.2, -0.15) is 5.10 Å². The highest BCUT2D eigenvalue weighted by Gasteiger charge is 2.21. The molecule has 0 radical (unpaired) electrons. The molecule has 0 amide bonds. The van der Waals surface area contributed by atoms with E-state index < -0.39 is 0 Å². The fourth-order valence-electron chi connectivity index (χ4n) is 3.42. The Morgan fingerprint density at radius 2 is 1.90 bits per heavy atom. The first kappa shape index (κ1) is 22.0. The predicted octanol–water partition coefficient (Wildman–Crippen LogP) is 4.90. The van der Waals surface area contributed by atoms with Gasteiger partial charge in [0.15, 0.2) is 17.1 Å². The first-order valence-corrected chi connectivity index (χ1v) is 9.38. The van der Waals surface area contributed by atoms with Gasteiger partial charge in [0.25, 0.3) is 0 Å². The first-order chi connectivity index (χ1) is 14.0. The average molecular weight is 450 g/mol. The summed E-state index contributed by atoms with van der Waals surface area (Å²) in [6.45, 7) is 2.83. The van der Waals surface area contributed by atoms with Gasteiger partial charge in [0.1, 0.15) is 12.4 Å². The van der Waals surface area contributed by atoms with E-state index in [1.165, 1.54) is 0 Å². The van der Waals surface area contributed by atoms with Crippen LogP contribution in [-0.2, 0) is 4.74 Å². The molecule has 0 aliphatic heterocycles. The smallest absolute Gasteiger partial charge is 0.169 e. The summed E-state index contributed by atoms with van der Waals surface area (Å²) in [6.07, 6.45) is 1.72. The van der Waals surface area contributed by atoms with Crippen molar-refractivity contribution in [2.45, 2.75) is 6.92 Å². The third kappa shape index (κ3) is 3.71. The molecule has 0 saturated carbocycles. The van der Waals surface area contributed by atoms with Crippen molar-refractivity contribution in [1.29, 1.82) is 0 Å². The number of rotatable bonds is 6. The number of ether oxygens (including phenoxy) is 3. The fraction of sp³-hybridized carbons (Fsp3) is 0.238. The average Bonchev–Trinajstić information content (AvgIpc) is 3.18. The molecular weight excluding hydrogens is 429 g/mol. The molecule has 0 saturated heterocycles. The van der Waals surface area contributed by atoms with E-state index in [4.69, 9.17) is 30.8 Å². The summed E-state index contributed by atoms with van der Waals surface area (Å²) in [6, 6.07) is 7.02. The fourth-order valence-corrected chi connectivity index (χ4v) is 3.60. The van der Waals surface area contributed by atoms with E-state index in [-0.39, 0.29) is 23.2 Å². The molecule has 158 valence electrons. The SMILES string of the molecule is COCCOc1c(C)cc2c(-c3ccc(O)c(Cl)c3)nc3[nH]ncc3c2c1OC.Cl. The van der Waals surface area contributed by atoms with Crippen molar-refractivity contribution in [3.8, 4) is 28.5 Å². The monoisotopic (exact) mass is 449 g/mol. The van der Waals surface area contributed by atoms with Crippen molar-refractivity contribution in [2.75, 3.05) is 27.4 Å². The Kier molecular flexibility index (Phi) is 6.55. The summed E-state index contributed by atoms with van der Waals surface area (Å²) in [7, 11) is 3.24. The van der Waals surface area contributed by atoms with Crippen LogP contribution in [0.5, 0.6) is 17.2 Å². The second-order valence-corrected chi connectivity index (χ2v) is 6.99. The van der Waals surface area contributed by atoms with Crippen LogP contribution in [0.25, 0.3) is 33.1 Å². The minimum atomic E-state index is 0. The zero-order valence-corrected chi connectivity index (χ0v) is 18.2. The van der Waals surface area contributed by atoms with E-state index in [1.54, 1.807) is 38.6 Å². The number of H-pyrrole nitrogens is 1. The van der Waals surface area contributed by atoms with Crippen LogP contribution in [0.15, 0.2) is 30.5 Å². The van der Waals surface area contributed by atoms with Crippen molar-refractivity contribution in [1.82, 2.24) is 15.2 Å². The number of fused-ring (bicyclic) bond motifs is 3. The molecule has 0 fully saturated rings. The molecule has 2 aromatic carbocycles. The maximum atomic E-state index is 9.79. The van der Waals surface area contributed by atoms with Gasteiger partial charge in [-0.05, 0) is 36.8 Å². The molecule has 0 spiro atoms. The molecule has 2 heterocycles. The molecule has 0 unspecified atom stereocenters. The van der Waals surface area contributed by atoms with Crippen LogP contribution in [0.1, 0.15) is 5.56 Å². The van der Waals surface area contributed by atoms with Crippen LogP contribution in [0.4, 0.5) is 0 Å². The van der Waals surface area contributed by atoms with Gasteiger partial charge in [0.05, 0.1) is 36.0 Å². The van der Waals surface area contributed by atoms with Crippen LogP contribution in [-0.4, -0.2) is 47.7 Å². The zero-order valence-electron chi connectivity index (χ0n) is 16.7. The number of aromatic amines is 1. The number of aromatic hydroxyl groups is 1. The Morgan fingerprint density at radius 3 is 2.60 bits per heavy atom. The molecule has 0 bridgehead atoms. The number of nitrogens with one attached hydrogen (secondary N) is 1. The van der Waals surface area contributed by atoms with Gasteiger partial charge in [-0.15, -0.1) is 12.4 Å². The summed E-state index contributed by atoms with van der Waals surface area (Å²) in [4.78, 5) is 4.75.